The average molecular weight is 334 g/mol. The lowest BCUT2D eigenvalue weighted by Gasteiger charge is -2.03. The fourth-order valence-corrected chi connectivity index (χ4v) is 2.82. The van der Waals surface area contributed by atoms with E-state index in [1.165, 1.54) is 5.56 Å². The standard InChI is InChI=1S/C20H18N2OS/c1-23-18-11-9-17(10-12-18)19-13-14-20(22-21-19)24-15-5-8-16-6-3-2-4-7-16/h2-14H,15H2,1H3/b8-5+. The van der Waals surface area contributed by atoms with Crippen LogP contribution in [0.3, 0.4) is 0 Å². The fraction of sp³-hybridized carbons (Fsp3) is 0.100. The summed E-state index contributed by atoms with van der Waals surface area (Å²) in [6, 6.07) is 22.1. The third kappa shape index (κ3) is 4.46. The molecule has 3 rings (SSSR count). The predicted octanol–water partition coefficient (Wildman–Crippen LogP) is 4.96. The van der Waals surface area contributed by atoms with E-state index in [-0.39, 0.29) is 0 Å². The second-order valence-corrected chi connectivity index (χ2v) is 6.15. The van der Waals surface area contributed by atoms with E-state index in [4.69, 9.17) is 4.74 Å². The Labute approximate surface area is 146 Å². The number of ether oxygens (including phenoxy) is 1. The first kappa shape index (κ1) is 16.3. The van der Waals surface area contributed by atoms with Crippen LogP contribution in [0.2, 0.25) is 0 Å². The van der Waals surface area contributed by atoms with E-state index < -0.39 is 0 Å². The van der Waals surface area contributed by atoms with Crippen molar-refractivity contribution < 1.29 is 4.74 Å². The Morgan fingerprint density at radius 2 is 1.71 bits per heavy atom. The number of benzene rings is 2. The van der Waals surface area contributed by atoms with Crippen LogP contribution in [0.4, 0.5) is 0 Å². The third-order valence-electron chi connectivity index (χ3n) is 3.46. The molecule has 0 bridgehead atoms. The summed E-state index contributed by atoms with van der Waals surface area (Å²) >= 11 is 1.67. The Morgan fingerprint density at radius 1 is 0.917 bits per heavy atom. The molecule has 0 aliphatic heterocycles. The Hall–Kier alpha value is -2.59. The van der Waals surface area contributed by atoms with E-state index in [0.717, 1.165) is 27.8 Å². The summed E-state index contributed by atoms with van der Waals surface area (Å²) in [6.45, 7) is 0. The quantitative estimate of drug-likeness (QED) is 0.597. The monoisotopic (exact) mass is 334 g/mol. The van der Waals surface area contributed by atoms with Crippen LogP contribution in [-0.2, 0) is 0 Å². The summed E-state index contributed by atoms with van der Waals surface area (Å²) in [5, 5.41) is 9.52. The highest BCUT2D eigenvalue weighted by molar-refractivity contribution is 7.99. The van der Waals surface area contributed by atoms with Crippen molar-refractivity contribution >= 4 is 17.8 Å². The van der Waals surface area contributed by atoms with E-state index in [1.807, 2.05) is 54.6 Å². The number of hydrogen-bond donors (Lipinski definition) is 0. The molecule has 3 aromatic rings. The first-order chi connectivity index (χ1) is 11.8. The lowest BCUT2D eigenvalue weighted by Crippen LogP contribution is -1.90. The van der Waals surface area contributed by atoms with Gasteiger partial charge >= 0.3 is 0 Å². The van der Waals surface area contributed by atoms with Crippen molar-refractivity contribution in [2.45, 2.75) is 5.03 Å². The topological polar surface area (TPSA) is 35.0 Å². The lowest BCUT2D eigenvalue weighted by molar-refractivity contribution is 0.415. The molecule has 0 atom stereocenters. The Bertz CT molecular complexity index is 784. The Balaban J connectivity index is 1.57. The molecular formula is C20H18N2OS. The number of hydrogen-bond acceptors (Lipinski definition) is 4. The molecule has 1 aromatic heterocycles. The van der Waals surface area contributed by atoms with Gasteiger partial charge in [0.1, 0.15) is 10.8 Å². The third-order valence-corrected chi connectivity index (χ3v) is 4.34. The molecule has 0 unspecified atom stereocenters. The normalized spacial score (nSPS) is 10.9. The highest BCUT2D eigenvalue weighted by atomic mass is 32.2. The van der Waals surface area contributed by atoms with Crippen LogP contribution >= 0.6 is 11.8 Å². The van der Waals surface area contributed by atoms with E-state index in [2.05, 4.69) is 34.5 Å². The van der Waals surface area contributed by atoms with Gasteiger partial charge in [0, 0.05) is 11.3 Å². The van der Waals surface area contributed by atoms with Gasteiger partial charge in [-0.1, -0.05) is 42.5 Å². The van der Waals surface area contributed by atoms with Crippen LogP contribution in [0.25, 0.3) is 17.3 Å². The number of methoxy groups -OCH3 is 1. The van der Waals surface area contributed by atoms with Crippen LogP contribution in [0.1, 0.15) is 5.56 Å². The lowest BCUT2D eigenvalue weighted by atomic mass is 10.1. The Kier molecular flexibility index (Phi) is 5.64. The van der Waals surface area contributed by atoms with Gasteiger partial charge in [-0.25, -0.2) is 0 Å². The highest BCUT2D eigenvalue weighted by Crippen LogP contribution is 2.22. The summed E-state index contributed by atoms with van der Waals surface area (Å²) < 4.78 is 5.17. The molecule has 3 nitrogen and oxygen atoms in total. The van der Waals surface area contributed by atoms with Gasteiger partial charge in [0.2, 0.25) is 0 Å². The minimum absolute atomic E-state index is 0.837. The molecule has 0 saturated heterocycles. The fourth-order valence-electron chi connectivity index (χ4n) is 2.19. The van der Waals surface area contributed by atoms with Gasteiger partial charge in [-0.2, -0.15) is 0 Å². The van der Waals surface area contributed by atoms with Crippen molar-refractivity contribution in [3.05, 3.63) is 78.4 Å². The molecule has 2 aromatic carbocycles. The molecule has 24 heavy (non-hydrogen) atoms. The van der Waals surface area contributed by atoms with Gasteiger partial charge in [-0.15, -0.1) is 22.0 Å². The van der Waals surface area contributed by atoms with E-state index in [1.54, 1.807) is 18.9 Å². The van der Waals surface area contributed by atoms with Gasteiger partial charge < -0.3 is 4.74 Å². The summed E-state index contributed by atoms with van der Waals surface area (Å²) in [7, 11) is 1.66. The maximum Gasteiger partial charge on any atom is 0.119 e. The summed E-state index contributed by atoms with van der Waals surface area (Å²) in [4.78, 5) is 0. The molecule has 4 heteroatoms. The van der Waals surface area contributed by atoms with Crippen LogP contribution in [0, 0.1) is 0 Å². The first-order valence-corrected chi connectivity index (χ1v) is 8.66. The molecule has 0 aliphatic rings. The number of rotatable bonds is 6. The van der Waals surface area contributed by atoms with Crippen LogP contribution < -0.4 is 4.74 Å². The number of aromatic nitrogens is 2. The van der Waals surface area contributed by atoms with E-state index in [0.29, 0.717) is 0 Å². The van der Waals surface area contributed by atoms with E-state index >= 15 is 0 Å². The van der Waals surface area contributed by atoms with Gasteiger partial charge in [0.15, 0.2) is 0 Å². The van der Waals surface area contributed by atoms with Crippen molar-refractivity contribution in [2.24, 2.45) is 0 Å². The van der Waals surface area contributed by atoms with Crippen molar-refractivity contribution in [2.75, 3.05) is 12.9 Å². The molecule has 0 fully saturated rings. The summed E-state index contributed by atoms with van der Waals surface area (Å²) in [5.41, 5.74) is 3.10. The largest absolute Gasteiger partial charge is 0.497 e. The van der Waals surface area contributed by atoms with E-state index in [9.17, 15) is 0 Å². The van der Waals surface area contributed by atoms with Gasteiger partial charge in [0.05, 0.1) is 12.8 Å². The second kappa shape index (κ2) is 8.31. The zero-order valence-corrected chi connectivity index (χ0v) is 14.2. The van der Waals surface area contributed by atoms with Crippen LogP contribution in [0.5, 0.6) is 5.75 Å². The maximum absolute atomic E-state index is 5.17. The highest BCUT2D eigenvalue weighted by Gasteiger charge is 2.02. The molecule has 0 amide bonds. The molecule has 120 valence electrons. The van der Waals surface area contributed by atoms with Gasteiger partial charge in [-0.05, 0) is 42.0 Å². The Morgan fingerprint density at radius 3 is 2.38 bits per heavy atom. The van der Waals surface area contributed by atoms with Crippen LogP contribution in [0.15, 0.2) is 77.8 Å². The SMILES string of the molecule is COc1ccc(-c2ccc(SC/C=C/c3ccccc3)nn2)cc1. The molecular weight excluding hydrogens is 316 g/mol. The average Bonchev–Trinajstić information content (AvgIpc) is 2.67. The van der Waals surface area contributed by atoms with Crippen molar-refractivity contribution in [3.63, 3.8) is 0 Å². The number of thioether (sulfide) groups is 1. The molecule has 0 N–H and O–H groups in total. The second-order valence-electron chi connectivity index (χ2n) is 5.11. The smallest absolute Gasteiger partial charge is 0.119 e. The zero-order valence-electron chi connectivity index (χ0n) is 13.4. The van der Waals surface area contributed by atoms with Gasteiger partial charge in [-0.3, -0.25) is 0 Å². The van der Waals surface area contributed by atoms with Crippen LogP contribution in [-0.4, -0.2) is 23.1 Å². The molecule has 0 saturated carbocycles. The zero-order chi connectivity index (χ0) is 16.6. The van der Waals surface area contributed by atoms with Gasteiger partial charge in [0.25, 0.3) is 0 Å². The first-order valence-electron chi connectivity index (χ1n) is 7.68. The molecule has 0 radical (unpaired) electrons. The minimum Gasteiger partial charge on any atom is -0.497 e. The molecule has 0 aliphatic carbocycles. The van der Waals surface area contributed by atoms with Crippen molar-refractivity contribution in [1.29, 1.82) is 0 Å². The number of nitrogens with zero attached hydrogens (tertiary/aromatic N) is 2. The molecule has 0 spiro atoms. The summed E-state index contributed by atoms with van der Waals surface area (Å²) in [5.74, 6) is 1.70. The molecule has 1 heterocycles. The summed E-state index contributed by atoms with van der Waals surface area (Å²) in [6.07, 6.45) is 4.26. The maximum atomic E-state index is 5.17. The predicted molar refractivity (Wildman–Crippen MR) is 100 cm³/mol. The van der Waals surface area contributed by atoms with Crippen molar-refractivity contribution in [1.82, 2.24) is 10.2 Å². The minimum atomic E-state index is 0.837. The van der Waals surface area contributed by atoms with Crippen molar-refractivity contribution in [3.8, 4) is 17.0 Å².